The van der Waals surface area contributed by atoms with Crippen LogP contribution in [0.3, 0.4) is 0 Å². The van der Waals surface area contributed by atoms with Gasteiger partial charge < -0.3 is 24.3 Å². The number of ketones is 1. The van der Waals surface area contributed by atoms with E-state index in [1.807, 2.05) is 29.2 Å². The lowest BCUT2D eigenvalue weighted by atomic mass is 10.00. The number of fused-ring (bicyclic) bond motifs is 1. The molecule has 2 aromatic heterocycles. The number of ether oxygens (including phenoxy) is 1. The average Bonchev–Trinajstić information content (AvgIpc) is 3.34. The molecule has 3 heterocycles. The number of nitrogens with zero attached hydrogens (tertiary/aromatic N) is 2. The minimum atomic E-state index is -0.780. The molecule has 0 atom stereocenters. The fourth-order valence-electron chi connectivity index (χ4n) is 3.73. The van der Waals surface area contributed by atoms with Crippen molar-refractivity contribution in [2.45, 2.75) is 6.17 Å². The van der Waals surface area contributed by atoms with Crippen LogP contribution in [0.1, 0.15) is 16.1 Å². The van der Waals surface area contributed by atoms with Gasteiger partial charge in [-0.25, -0.2) is 4.39 Å². The first kappa shape index (κ1) is 19.4. The van der Waals surface area contributed by atoms with Crippen molar-refractivity contribution < 1.29 is 23.6 Å². The molecule has 0 aliphatic carbocycles. The quantitative estimate of drug-likeness (QED) is 0.440. The fourth-order valence-corrected chi connectivity index (χ4v) is 4.00. The molecular weight excluding hydrogens is 425 g/mol. The molecule has 1 aliphatic rings. The third-order valence-electron chi connectivity index (χ3n) is 5.40. The second-order valence-corrected chi connectivity index (χ2v) is 7.75. The molecule has 1 aliphatic heterocycles. The number of benzene rings is 2. The van der Waals surface area contributed by atoms with Gasteiger partial charge in [0.1, 0.15) is 6.17 Å². The molecule has 1 fully saturated rings. The summed E-state index contributed by atoms with van der Waals surface area (Å²) in [4.78, 5) is 17.7. The van der Waals surface area contributed by atoms with Crippen LogP contribution in [-0.2, 0) is 0 Å². The molecule has 31 heavy (non-hydrogen) atoms. The molecule has 4 aromatic rings. The second kappa shape index (κ2) is 7.31. The Balaban J connectivity index is 1.55. The van der Waals surface area contributed by atoms with Crippen molar-refractivity contribution in [3.63, 3.8) is 0 Å². The maximum Gasteiger partial charge on any atom is 0.254 e. The van der Waals surface area contributed by atoms with E-state index >= 15 is 0 Å². The maximum absolute atomic E-state index is 13.1. The van der Waals surface area contributed by atoms with Gasteiger partial charge in [0.25, 0.3) is 5.88 Å². The molecule has 0 bridgehead atoms. The summed E-state index contributed by atoms with van der Waals surface area (Å²) in [5.41, 5.74) is 3.01. The Kier molecular flexibility index (Phi) is 4.59. The van der Waals surface area contributed by atoms with Crippen LogP contribution in [0.25, 0.3) is 22.0 Å². The standard InChI is InChI=1S/C22H17ClFN3O4/c1-30-19-8-18(31-26-19)21(28)20-15-6-14(16(23)7-17(15)25-22(20)29)11-2-4-13(5-3-11)27-9-12(24)10-27/h2-8,12,25,29H,9-10H2,1H3. The lowest BCUT2D eigenvalue weighted by molar-refractivity contribution is 0.0999. The van der Waals surface area contributed by atoms with Crippen LogP contribution in [0.5, 0.6) is 11.8 Å². The van der Waals surface area contributed by atoms with Crippen LogP contribution in [0.15, 0.2) is 47.0 Å². The van der Waals surface area contributed by atoms with Crippen molar-refractivity contribution in [2.24, 2.45) is 0 Å². The first-order valence-electron chi connectivity index (χ1n) is 9.53. The SMILES string of the molecule is COc1cc(C(=O)c2c(O)[nH]c3cc(Cl)c(-c4ccc(N5CC(F)C5)cc4)cc23)on1. The summed E-state index contributed by atoms with van der Waals surface area (Å²) in [6, 6.07) is 12.3. The molecular formula is C22H17ClFN3O4. The number of methoxy groups -OCH3 is 1. The molecule has 0 unspecified atom stereocenters. The number of rotatable bonds is 5. The van der Waals surface area contributed by atoms with Gasteiger partial charge in [-0.2, -0.15) is 0 Å². The summed E-state index contributed by atoms with van der Waals surface area (Å²) in [6.07, 6.45) is -0.780. The van der Waals surface area contributed by atoms with Crippen LogP contribution >= 0.6 is 11.6 Å². The topological polar surface area (TPSA) is 91.6 Å². The van der Waals surface area contributed by atoms with Gasteiger partial charge in [0.2, 0.25) is 17.4 Å². The number of carbonyl (C=O) groups is 1. The van der Waals surface area contributed by atoms with Crippen molar-refractivity contribution in [3.8, 4) is 22.9 Å². The first-order valence-corrected chi connectivity index (χ1v) is 9.91. The Hall–Kier alpha value is -3.52. The molecule has 5 rings (SSSR count). The van der Waals surface area contributed by atoms with E-state index in [9.17, 15) is 14.3 Å². The maximum atomic E-state index is 13.1. The highest BCUT2D eigenvalue weighted by molar-refractivity contribution is 6.34. The Morgan fingerprint density at radius 2 is 2.03 bits per heavy atom. The van der Waals surface area contributed by atoms with E-state index in [-0.39, 0.29) is 23.1 Å². The minimum Gasteiger partial charge on any atom is -0.494 e. The molecule has 0 amide bonds. The highest BCUT2D eigenvalue weighted by Crippen LogP contribution is 2.38. The molecule has 158 valence electrons. The number of alkyl halides is 1. The van der Waals surface area contributed by atoms with Crippen molar-refractivity contribution in [3.05, 3.63) is 58.8 Å². The molecule has 0 spiro atoms. The average molecular weight is 442 g/mol. The van der Waals surface area contributed by atoms with E-state index in [2.05, 4.69) is 10.1 Å². The highest BCUT2D eigenvalue weighted by Gasteiger charge is 2.27. The van der Waals surface area contributed by atoms with E-state index in [1.54, 1.807) is 12.1 Å². The molecule has 9 heteroatoms. The number of hydrogen-bond donors (Lipinski definition) is 2. The predicted molar refractivity (Wildman–Crippen MR) is 114 cm³/mol. The van der Waals surface area contributed by atoms with Gasteiger partial charge >= 0.3 is 0 Å². The van der Waals surface area contributed by atoms with Gasteiger partial charge in [0, 0.05) is 16.6 Å². The number of nitrogens with one attached hydrogen (secondary N) is 1. The summed E-state index contributed by atoms with van der Waals surface area (Å²) < 4.78 is 23.1. The Labute approximate surface area is 181 Å². The van der Waals surface area contributed by atoms with Gasteiger partial charge in [0.15, 0.2) is 0 Å². The summed E-state index contributed by atoms with van der Waals surface area (Å²) >= 11 is 6.49. The van der Waals surface area contributed by atoms with Crippen LogP contribution in [0.2, 0.25) is 5.02 Å². The summed E-state index contributed by atoms with van der Waals surface area (Å²) in [6.45, 7) is 0.791. The van der Waals surface area contributed by atoms with E-state index < -0.39 is 12.0 Å². The number of aromatic nitrogens is 2. The van der Waals surface area contributed by atoms with Crippen LogP contribution in [-0.4, -0.2) is 47.4 Å². The number of carbonyl (C=O) groups excluding carboxylic acids is 1. The number of hydrogen-bond acceptors (Lipinski definition) is 6. The monoisotopic (exact) mass is 441 g/mol. The molecule has 2 N–H and O–H groups in total. The minimum absolute atomic E-state index is 0.0536. The highest BCUT2D eigenvalue weighted by atomic mass is 35.5. The summed E-state index contributed by atoms with van der Waals surface area (Å²) in [5, 5.41) is 15.0. The van der Waals surface area contributed by atoms with E-state index in [0.717, 1.165) is 11.3 Å². The van der Waals surface area contributed by atoms with E-state index in [1.165, 1.54) is 13.2 Å². The van der Waals surface area contributed by atoms with Crippen LogP contribution in [0, 0.1) is 0 Å². The van der Waals surface area contributed by atoms with Gasteiger partial charge in [-0.05, 0) is 35.0 Å². The lowest BCUT2D eigenvalue weighted by Crippen LogP contribution is -2.48. The van der Waals surface area contributed by atoms with Crippen molar-refractivity contribution in [1.82, 2.24) is 10.1 Å². The lowest BCUT2D eigenvalue weighted by Gasteiger charge is -2.36. The molecule has 0 saturated carbocycles. The van der Waals surface area contributed by atoms with E-state index in [4.69, 9.17) is 20.9 Å². The molecule has 1 saturated heterocycles. The zero-order chi connectivity index (χ0) is 21.7. The summed E-state index contributed by atoms with van der Waals surface area (Å²) in [5.74, 6) is -0.735. The zero-order valence-corrected chi connectivity index (χ0v) is 17.1. The van der Waals surface area contributed by atoms with E-state index in [0.29, 0.717) is 34.6 Å². The van der Waals surface area contributed by atoms with Crippen molar-refractivity contribution >= 4 is 34.0 Å². The van der Waals surface area contributed by atoms with Gasteiger partial charge in [-0.3, -0.25) is 4.79 Å². The van der Waals surface area contributed by atoms with Crippen molar-refractivity contribution in [1.29, 1.82) is 0 Å². The molecule has 7 nitrogen and oxygen atoms in total. The van der Waals surface area contributed by atoms with Gasteiger partial charge in [-0.15, -0.1) is 0 Å². The fraction of sp³-hybridized carbons (Fsp3) is 0.182. The normalized spacial score (nSPS) is 14.1. The predicted octanol–water partition coefficient (Wildman–Crippen LogP) is 4.58. The third kappa shape index (κ3) is 3.29. The number of aromatic hydroxyl groups is 1. The Morgan fingerprint density at radius 3 is 2.68 bits per heavy atom. The summed E-state index contributed by atoms with van der Waals surface area (Å²) in [7, 11) is 1.41. The third-order valence-corrected chi connectivity index (χ3v) is 5.71. The smallest absolute Gasteiger partial charge is 0.254 e. The van der Waals surface area contributed by atoms with Crippen LogP contribution < -0.4 is 9.64 Å². The van der Waals surface area contributed by atoms with Crippen LogP contribution in [0.4, 0.5) is 10.1 Å². The van der Waals surface area contributed by atoms with Gasteiger partial charge in [0.05, 0.1) is 42.4 Å². The van der Waals surface area contributed by atoms with Crippen molar-refractivity contribution in [2.75, 3.05) is 25.1 Å². The number of halogens is 2. The molecule has 0 radical (unpaired) electrons. The number of H-pyrrole nitrogens is 1. The van der Waals surface area contributed by atoms with Gasteiger partial charge in [-0.1, -0.05) is 23.7 Å². The second-order valence-electron chi connectivity index (χ2n) is 7.34. The largest absolute Gasteiger partial charge is 0.494 e. The zero-order valence-electron chi connectivity index (χ0n) is 16.4. The molecule has 2 aromatic carbocycles. The Morgan fingerprint density at radius 1 is 1.29 bits per heavy atom. The first-order chi connectivity index (χ1) is 14.9. The number of anilines is 1. The number of aromatic amines is 1. The Bertz CT molecular complexity index is 1290.